The minimum Gasteiger partial charge on any atom is -0.382 e. The van der Waals surface area contributed by atoms with Crippen molar-refractivity contribution in [1.29, 1.82) is 0 Å². The fourth-order valence-electron chi connectivity index (χ4n) is 4.21. The van der Waals surface area contributed by atoms with Gasteiger partial charge in [-0.3, -0.25) is 4.55 Å². The van der Waals surface area contributed by atoms with Crippen LogP contribution >= 0.6 is 0 Å². The lowest BCUT2D eigenvalue weighted by atomic mass is 10.1. The summed E-state index contributed by atoms with van der Waals surface area (Å²) in [6.45, 7) is 10.2. The molecule has 0 bridgehead atoms. The molecule has 0 aliphatic carbocycles. The Bertz CT molecular complexity index is 468. The van der Waals surface area contributed by atoms with Gasteiger partial charge < -0.3 is 14.0 Å². The highest BCUT2D eigenvalue weighted by Gasteiger charge is 2.27. The fraction of sp³-hybridized carbons (Fsp3) is 1.00. The lowest BCUT2D eigenvalue weighted by Gasteiger charge is -2.39. The van der Waals surface area contributed by atoms with E-state index in [0.717, 1.165) is 30.7 Å². The van der Waals surface area contributed by atoms with Gasteiger partial charge in [0.15, 0.2) is 0 Å². The summed E-state index contributed by atoms with van der Waals surface area (Å²) in [6, 6.07) is 0. The third-order valence-corrected chi connectivity index (χ3v) is 6.95. The third kappa shape index (κ3) is 20.1. The monoisotopic (exact) mass is 466 g/mol. The second kappa shape index (κ2) is 20.4. The van der Waals surface area contributed by atoms with Crippen molar-refractivity contribution in [2.75, 3.05) is 58.9 Å². The molecule has 0 saturated carbocycles. The van der Waals surface area contributed by atoms with Crippen LogP contribution < -0.4 is 0 Å². The molecule has 0 saturated heterocycles. The summed E-state index contributed by atoms with van der Waals surface area (Å²) in [5.41, 5.74) is 0. The smallest absolute Gasteiger partial charge is 0.265 e. The van der Waals surface area contributed by atoms with Crippen LogP contribution in [0.25, 0.3) is 0 Å². The Balaban J connectivity index is 4.86. The van der Waals surface area contributed by atoms with Crippen LogP contribution in [0.4, 0.5) is 0 Å². The Kier molecular flexibility index (Phi) is 20.3. The summed E-state index contributed by atoms with van der Waals surface area (Å²) in [5, 5.41) is 0. The van der Waals surface area contributed by atoms with E-state index in [-0.39, 0.29) is 5.75 Å². The molecule has 7 heteroatoms. The first-order valence-electron chi connectivity index (χ1n) is 12.8. The van der Waals surface area contributed by atoms with Crippen molar-refractivity contribution in [2.24, 2.45) is 0 Å². The summed E-state index contributed by atoms with van der Waals surface area (Å²) in [7, 11) is -2.23. The normalized spacial score (nSPS) is 12.5. The highest BCUT2D eigenvalue weighted by atomic mass is 32.2. The quantitative estimate of drug-likeness (QED) is 0.116. The first-order chi connectivity index (χ1) is 14.9. The van der Waals surface area contributed by atoms with Gasteiger partial charge in [-0.1, -0.05) is 65.2 Å². The van der Waals surface area contributed by atoms with E-state index in [1.165, 1.54) is 77.0 Å². The number of rotatable bonds is 24. The van der Waals surface area contributed by atoms with Crippen LogP contribution in [0, 0.1) is 0 Å². The summed E-state index contributed by atoms with van der Waals surface area (Å²) in [5.74, 6) is -0.148. The van der Waals surface area contributed by atoms with E-state index in [4.69, 9.17) is 9.47 Å². The molecule has 0 aliphatic rings. The van der Waals surface area contributed by atoms with Crippen molar-refractivity contribution in [3.63, 3.8) is 0 Å². The third-order valence-electron chi connectivity index (χ3n) is 6.15. The summed E-state index contributed by atoms with van der Waals surface area (Å²) < 4.78 is 43.5. The number of hydrogen-bond donors (Lipinski definition) is 1. The zero-order valence-corrected chi connectivity index (χ0v) is 21.6. The largest absolute Gasteiger partial charge is 0.382 e. The van der Waals surface area contributed by atoms with Crippen molar-refractivity contribution >= 4 is 10.1 Å². The van der Waals surface area contributed by atoms with E-state index in [1.807, 2.05) is 0 Å². The maximum absolute atomic E-state index is 11.3. The van der Waals surface area contributed by atoms with E-state index >= 15 is 0 Å². The first kappa shape index (κ1) is 30.8. The molecule has 0 amide bonds. The zero-order chi connectivity index (χ0) is 23.3. The van der Waals surface area contributed by atoms with Crippen molar-refractivity contribution in [2.45, 2.75) is 97.3 Å². The molecule has 0 aromatic heterocycles. The van der Waals surface area contributed by atoms with Crippen molar-refractivity contribution in [3.05, 3.63) is 0 Å². The summed E-state index contributed by atoms with van der Waals surface area (Å²) in [6.07, 6.45) is 15.6. The summed E-state index contributed by atoms with van der Waals surface area (Å²) in [4.78, 5) is 0. The van der Waals surface area contributed by atoms with E-state index in [9.17, 15) is 13.0 Å². The maximum atomic E-state index is 11.3. The fourth-order valence-corrected chi connectivity index (χ4v) is 4.70. The highest BCUT2D eigenvalue weighted by Crippen LogP contribution is 2.17. The van der Waals surface area contributed by atoms with Gasteiger partial charge in [0.2, 0.25) is 0 Å². The Morgan fingerprint density at radius 1 is 0.645 bits per heavy atom. The Hall–Kier alpha value is -0.210. The van der Waals surface area contributed by atoms with E-state index in [0.29, 0.717) is 26.2 Å². The topological polar surface area (TPSA) is 72.8 Å². The van der Waals surface area contributed by atoms with E-state index in [2.05, 4.69) is 13.8 Å². The zero-order valence-electron chi connectivity index (χ0n) is 20.8. The van der Waals surface area contributed by atoms with Crippen molar-refractivity contribution in [3.8, 4) is 0 Å². The van der Waals surface area contributed by atoms with E-state index in [1.54, 1.807) is 7.11 Å². The van der Waals surface area contributed by atoms with Crippen LogP contribution in [0.15, 0.2) is 0 Å². The predicted molar refractivity (Wildman–Crippen MR) is 130 cm³/mol. The van der Waals surface area contributed by atoms with Crippen LogP contribution in [0.1, 0.15) is 97.3 Å². The number of nitrogens with zero attached hydrogens (tertiary/aromatic N) is 1. The number of unbranched alkanes of at least 4 members (excludes halogenated alkanes) is 10. The number of hydrogen-bond acceptors (Lipinski definition) is 4. The molecule has 0 radical (unpaired) electrons. The lowest BCUT2D eigenvalue weighted by Crippen LogP contribution is -2.52. The van der Waals surface area contributed by atoms with Crippen LogP contribution in [0.5, 0.6) is 0 Å². The molecule has 0 aromatic carbocycles. The Morgan fingerprint density at radius 2 is 1.13 bits per heavy atom. The maximum Gasteiger partial charge on any atom is 0.265 e. The Morgan fingerprint density at radius 3 is 1.61 bits per heavy atom. The van der Waals surface area contributed by atoms with Crippen LogP contribution in [0.2, 0.25) is 0 Å². The molecule has 0 fully saturated rings. The molecular weight excluding hydrogens is 414 g/mol. The van der Waals surface area contributed by atoms with Gasteiger partial charge in [0.25, 0.3) is 10.1 Å². The van der Waals surface area contributed by atoms with Gasteiger partial charge in [-0.15, -0.1) is 0 Å². The van der Waals surface area contributed by atoms with Crippen molar-refractivity contribution in [1.82, 2.24) is 0 Å². The first-order valence-corrected chi connectivity index (χ1v) is 14.4. The van der Waals surface area contributed by atoms with Crippen LogP contribution in [0.3, 0.4) is 0 Å². The Labute approximate surface area is 193 Å². The molecule has 31 heavy (non-hydrogen) atoms. The van der Waals surface area contributed by atoms with Gasteiger partial charge in [-0.05, 0) is 25.7 Å². The SMILES string of the molecule is CCCCCCCC[N+](CCCCCCCC)(CCCS(=O)(=O)O)CCOCCOC. The molecule has 1 N–H and O–H groups in total. The summed E-state index contributed by atoms with van der Waals surface area (Å²) >= 11 is 0. The van der Waals surface area contributed by atoms with Gasteiger partial charge in [0.05, 0.1) is 45.2 Å². The average molecular weight is 467 g/mol. The minimum absolute atomic E-state index is 0.148. The van der Waals surface area contributed by atoms with Gasteiger partial charge in [-0.2, -0.15) is 8.42 Å². The molecular formula is C24H52NO5S+. The predicted octanol–water partition coefficient (Wildman–Crippen LogP) is 5.47. The number of methoxy groups -OCH3 is 1. The average Bonchev–Trinajstić information content (AvgIpc) is 2.72. The van der Waals surface area contributed by atoms with Crippen LogP contribution in [-0.2, 0) is 19.6 Å². The van der Waals surface area contributed by atoms with Gasteiger partial charge in [0.1, 0.15) is 6.54 Å². The molecule has 6 nitrogen and oxygen atoms in total. The molecule has 0 aliphatic heterocycles. The number of ether oxygens (including phenoxy) is 2. The molecule has 0 aromatic rings. The molecule has 0 rings (SSSR count). The molecule has 188 valence electrons. The molecule has 0 unspecified atom stereocenters. The van der Waals surface area contributed by atoms with Gasteiger partial charge in [-0.25, -0.2) is 0 Å². The van der Waals surface area contributed by atoms with E-state index < -0.39 is 10.1 Å². The standard InChI is InChI=1S/C24H51NO5S/c1-4-6-8-10-12-14-17-25(19-16-24-31(26,27)28,20-21-30-23-22-29-3)18-15-13-11-9-7-5-2/h4-24H2,1-3H3/p+1. The molecule has 0 atom stereocenters. The second-order valence-corrected chi connectivity index (χ2v) is 10.6. The number of quaternary nitrogens is 1. The molecule has 0 spiro atoms. The molecule has 0 heterocycles. The second-order valence-electron chi connectivity index (χ2n) is 9.02. The minimum atomic E-state index is -3.91. The van der Waals surface area contributed by atoms with Crippen LogP contribution in [-0.4, -0.2) is 76.3 Å². The lowest BCUT2D eigenvalue weighted by molar-refractivity contribution is -0.929. The highest BCUT2D eigenvalue weighted by molar-refractivity contribution is 7.85. The van der Waals surface area contributed by atoms with Gasteiger partial charge >= 0.3 is 0 Å². The van der Waals surface area contributed by atoms with Gasteiger partial charge in [0, 0.05) is 13.5 Å². The van der Waals surface area contributed by atoms with Crippen molar-refractivity contribution < 1.29 is 26.9 Å².